The van der Waals surface area contributed by atoms with Gasteiger partial charge in [-0.25, -0.2) is 0 Å². The van der Waals surface area contributed by atoms with Crippen LogP contribution in [0.25, 0.3) is 0 Å². The number of hydrogen-bond acceptors (Lipinski definition) is 29. The van der Waals surface area contributed by atoms with Crippen LogP contribution in [0.15, 0.2) is 11.6 Å². The average Bonchev–Trinajstić information content (AvgIpc) is 1.54. The van der Waals surface area contributed by atoms with Crippen LogP contribution >= 0.6 is 0 Å². The zero-order chi connectivity index (χ0) is 62.2. The molecule has 496 valence electrons. The van der Waals surface area contributed by atoms with Crippen molar-refractivity contribution >= 4 is 0 Å². The van der Waals surface area contributed by atoms with Gasteiger partial charge in [0.25, 0.3) is 0 Å². The first kappa shape index (κ1) is 67.5. The highest BCUT2D eigenvalue weighted by Gasteiger charge is 2.68. The molecule has 0 spiro atoms. The van der Waals surface area contributed by atoms with Crippen LogP contribution in [0.1, 0.15) is 85.5 Å². The molecular formula is C57H94O29. The Labute approximate surface area is 497 Å². The highest BCUT2D eigenvalue weighted by molar-refractivity contribution is 5.26. The number of fused-ring (bicyclic) bond motifs is 7. The van der Waals surface area contributed by atoms with Crippen LogP contribution in [0.4, 0.5) is 0 Å². The molecule has 0 bridgehead atoms. The lowest BCUT2D eigenvalue weighted by Gasteiger charge is -2.58. The topological polar surface area (TPSA) is 466 Å². The molecule has 0 aromatic carbocycles. The molecule has 0 aromatic heterocycles. The third-order valence-corrected chi connectivity index (χ3v) is 21.7. The smallest absolute Gasteiger partial charge is 0.187 e. The number of allylic oxidation sites excluding steroid dienone is 1. The summed E-state index contributed by atoms with van der Waals surface area (Å²) < 4.78 is 65.9. The number of aliphatic hydroxyl groups is 18. The first-order valence-electron chi connectivity index (χ1n) is 30.6. The maximum absolute atomic E-state index is 12.1. The van der Waals surface area contributed by atoms with Gasteiger partial charge in [-0.2, -0.15) is 0 Å². The van der Waals surface area contributed by atoms with Crippen molar-refractivity contribution in [2.24, 2.45) is 46.3 Å². The normalized spacial score (nSPS) is 54.3. The fourth-order valence-corrected chi connectivity index (χ4v) is 16.5. The molecule has 10 aliphatic rings. The van der Waals surface area contributed by atoms with E-state index in [-0.39, 0.29) is 41.3 Å². The minimum atomic E-state index is -2.07. The van der Waals surface area contributed by atoms with Crippen molar-refractivity contribution in [1.29, 1.82) is 0 Å². The highest BCUT2D eigenvalue weighted by atomic mass is 16.8. The van der Waals surface area contributed by atoms with Crippen LogP contribution in [0.3, 0.4) is 0 Å². The number of hydrogen-bond donors (Lipinski definition) is 18. The molecule has 18 N–H and O–H groups in total. The second kappa shape index (κ2) is 26.9. The molecule has 0 unspecified atom stereocenters. The van der Waals surface area contributed by atoms with Crippen LogP contribution in [0.5, 0.6) is 0 Å². The molecule has 36 atom stereocenters. The Morgan fingerprint density at radius 3 is 1.60 bits per heavy atom. The first-order valence-corrected chi connectivity index (χ1v) is 30.6. The summed E-state index contributed by atoms with van der Waals surface area (Å²) in [6.07, 6.45) is -35.6. The Hall–Kier alpha value is -1.42. The van der Waals surface area contributed by atoms with Gasteiger partial charge < -0.3 is 144 Å². The molecule has 6 saturated heterocycles. The summed E-state index contributed by atoms with van der Waals surface area (Å²) in [5.74, 6) is -0.470. The van der Waals surface area contributed by atoms with Gasteiger partial charge >= 0.3 is 0 Å². The number of ether oxygens (including phenoxy) is 11. The maximum Gasteiger partial charge on any atom is 0.187 e. The number of rotatable bonds is 19. The molecule has 29 nitrogen and oxygen atoms in total. The lowest BCUT2D eigenvalue weighted by atomic mass is 9.47. The van der Waals surface area contributed by atoms with E-state index in [1.165, 1.54) is 5.57 Å². The van der Waals surface area contributed by atoms with E-state index >= 15 is 0 Å². The van der Waals surface area contributed by atoms with E-state index < -0.39 is 198 Å². The molecule has 0 aromatic rings. The summed E-state index contributed by atoms with van der Waals surface area (Å²) in [4.78, 5) is 0. The van der Waals surface area contributed by atoms with Crippen LogP contribution in [-0.4, -0.2) is 303 Å². The monoisotopic (exact) mass is 1240 g/mol. The summed E-state index contributed by atoms with van der Waals surface area (Å²) in [7, 11) is 0. The Balaban J connectivity index is 0.779. The summed E-state index contributed by atoms with van der Waals surface area (Å²) in [6, 6.07) is 0. The lowest BCUT2D eigenvalue weighted by Crippen LogP contribution is -2.68. The van der Waals surface area contributed by atoms with Crippen molar-refractivity contribution in [3.05, 3.63) is 11.6 Å². The zero-order valence-corrected chi connectivity index (χ0v) is 48.8. The van der Waals surface area contributed by atoms with E-state index in [4.69, 9.17) is 52.1 Å². The Morgan fingerprint density at radius 1 is 0.535 bits per heavy atom. The predicted octanol–water partition coefficient (Wildman–Crippen LogP) is -6.21. The Morgan fingerprint density at radius 2 is 1.02 bits per heavy atom. The van der Waals surface area contributed by atoms with Crippen molar-refractivity contribution in [3.63, 3.8) is 0 Å². The van der Waals surface area contributed by atoms with Gasteiger partial charge in [0.1, 0.15) is 122 Å². The minimum absolute atomic E-state index is 0.0949. The van der Waals surface area contributed by atoms with Crippen LogP contribution < -0.4 is 0 Å². The second-order valence-corrected chi connectivity index (χ2v) is 26.6. The molecule has 4 aliphatic carbocycles. The fraction of sp³-hybridized carbons (Fsp3) is 0.965. The summed E-state index contributed by atoms with van der Waals surface area (Å²) >= 11 is 0. The van der Waals surface area contributed by atoms with Gasteiger partial charge in [-0.3, -0.25) is 0 Å². The Kier molecular flexibility index (Phi) is 21.1. The van der Waals surface area contributed by atoms with E-state index in [1.54, 1.807) is 0 Å². The molecule has 6 aliphatic heterocycles. The summed E-state index contributed by atoms with van der Waals surface area (Å²) in [5, 5.41) is 193. The van der Waals surface area contributed by atoms with Gasteiger partial charge in [-0.15, -0.1) is 0 Å². The molecular weight excluding hydrogens is 1150 g/mol. The molecule has 29 heteroatoms. The SMILES string of the molecule is C[C@H](CC[C@@]1(O)O[C@H]2C[C@H]3[C@@H]4CC=C5C[C@@H](O[C@@H]6O[C@H](CO)[C@H](O[C@@H]7O[C@H](CO)[C@@H](O)[C@H](O[C@@H]8O[C@H](CO)[C@@H](O)[C@H](O)[C@H]8O)[C@H]7O[C@@H]7O[C@H](CO)[C@@H](O)[C@H](O)[C@H]7O)[C@H](O)[C@H]6O)CC[C@]5(C)[C@H]4CC[C@]3(C)[C@H]2[C@@H]1C)CO[C@@H]1O[C@H](CO)[C@@H](O)[C@H](O)[C@H]1O. The van der Waals surface area contributed by atoms with Gasteiger partial charge in [-0.05, 0) is 91.8 Å². The van der Waals surface area contributed by atoms with Gasteiger partial charge in [-0.1, -0.05) is 39.3 Å². The Bertz CT molecular complexity index is 2250. The van der Waals surface area contributed by atoms with Gasteiger partial charge in [0.05, 0.1) is 51.8 Å². The van der Waals surface area contributed by atoms with Crippen LogP contribution in [0.2, 0.25) is 0 Å². The predicted molar refractivity (Wildman–Crippen MR) is 284 cm³/mol. The van der Waals surface area contributed by atoms with Crippen LogP contribution in [-0.2, 0) is 52.1 Å². The number of aliphatic hydroxyl groups excluding tert-OH is 17. The molecule has 0 radical (unpaired) electrons. The van der Waals surface area contributed by atoms with Crippen molar-refractivity contribution in [3.8, 4) is 0 Å². The third-order valence-electron chi connectivity index (χ3n) is 21.7. The fourth-order valence-electron chi connectivity index (χ4n) is 16.5. The van der Waals surface area contributed by atoms with Crippen molar-refractivity contribution in [1.82, 2.24) is 0 Å². The molecule has 86 heavy (non-hydrogen) atoms. The molecule has 6 heterocycles. The van der Waals surface area contributed by atoms with E-state index in [2.05, 4.69) is 26.8 Å². The van der Waals surface area contributed by atoms with E-state index in [0.717, 1.165) is 32.1 Å². The minimum Gasteiger partial charge on any atom is -0.394 e. The third kappa shape index (κ3) is 12.3. The van der Waals surface area contributed by atoms with Crippen molar-refractivity contribution in [2.75, 3.05) is 39.6 Å². The quantitative estimate of drug-likeness (QED) is 0.0535. The molecule has 10 rings (SSSR count). The summed E-state index contributed by atoms with van der Waals surface area (Å²) in [6.45, 7) is 4.71. The maximum atomic E-state index is 12.1. The van der Waals surface area contributed by atoms with Crippen LogP contribution in [0, 0.1) is 46.3 Å². The first-order chi connectivity index (χ1) is 40.8. The van der Waals surface area contributed by atoms with E-state index in [9.17, 15) is 91.9 Å². The van der Waals surface area contributed by atoms with Gasteiger partial charge in [0.15, 0.2) is 37.2 Å². The summed E-state index contributed by atoms with van der Waals surface area (Å²) in [5.41, 5.74) is 0.939. The molecule has 0 amide bonds. The molecule has 9 fully saturated rings. The van der Waals surface area contributed by atoms with Crippen molar-refractivity contribution < 1.29 is 144 Å². The molecule has 3 saturated carbocycles. The average molecular weight is 1240 g/mol. The van der Waals surface area contributed by atoms with Gasteiger partial charge in [0.2, 0.25) is 0 Å². The second-order valence-electron chi connectivity index (χ2n) is 26.6. The van der Waals surface area contributed by atoms with E-state index in [0.29, 0.717) is 43.4 Å². The van der Waals surface area contributed by atoms with Gasteiger partial charge in [0, 0.05) is 12.3 Å². The largest absolute Gasteiger partial charge is 0.394 e. The lowest BCUT2D eigenvalue weighted by molar-refractivity contribution is -0.406. The highest BCUT2D eigenvalue weighted by Crippen LogP contribution is 2.70. The zero-order valence-electron chi connectivity index (χ0n) is 48.8. The standard InChI is InChI=1S/C57H94O29/c1-21(20-76-50-43(71)39(67)35(63)29(15-58)78-50)7-12-57(75)22(2)34-28(86-57)14-27-25-6-5-23-13-24(8-10-55(23,3)26(25)9-11-56(27,34)4)77-51-46(74)42(70)47(33(19-62)82-51)83-54-49(85-53-45(73)41(69)37(65)31(17-60)80-53)48(38(66)32(18-61)81-54)84-52-44(72)40(68)36(64)30(16-59)79-52/h5,21-22,24-54,58-75H,6-20H2,1-4H3/t21-,22+,24+,25-,26+,27+,28+,29-,30-,31-,32-,33-,34+,35-,36-,37-,38-,39+,40+,41+,42-,43-,44-,45-,46-,47+,48+,49-,50-,51-,52+,53+,54+,55+,56+,57-/m1/s1. The van der Waals surface area contributed by atoms with E-state index in [1.807, 2.05) is 6.92 Å². The van der Waals surface area contributed by atoms with Crippen molar-refractivity contribution in [2.45, 2.75) is 257 Å².